The zero-order valence-electron chi connectivity index (χ0n) is 14.7. The minimum absolute atomic E-state index is 0. The predicted molar refractivity (Wildman–Crippen MR) is 135 cm³/mol. The monoisotopic (exact) mass is 438 g/mol. The first-order valence-electron chi connectivity index (χ1n) is 8.58. The fourth-order valence-electron chi connectivity index (χ4n) is 3.12. The number of hydrogen-bond donors (Lipinski definition) is 2. The predicted octanol–water partition coefficient (Wildman–Crippen LogP) is 6.48. The molecule has 0 spiro atoms. The number of carboxylic acid groups (broad SMARTS) is 1. The Hall–Kier alpha value is -1.59. The van der Waals surface area contributed by atoms with Gasteiger partial charge in [-0.3, -0.25) is 14.4 Å². The minimum atomic E-state index is -0.830. The number of carboxylic acids is 1. The number of aliphatic carboxylic acids is 1. The molecule has 1 fully saturated rings. The maximum absolute atomic E-state index is 12.1. The van der Waals surface area contributed by atoms with Gasteiger partial charge in [-0.15, -0.1) is 0 Å². The first kappa shape index (κ1) is 46.6. The van der Waals surface area contributed by atoms with Crippen LogP contribution in [-0.2, 0) is 14.4 Å². The lowest BCUT2D eigenvalue weighted by atomic mass is 9.90. The van der Waals surface area contributed by atoms with Crippen LogP contribution in [0.15, 0.2) is 0 Å². The molecule has 1 saturated heterocycles. The zero-order valence-corrected chi connectivity index (χ0v) is 14.7. The summed E-state index contributed by atoms with van der Waals surface area (Å²) >= 11 is 0. The molecule has 2 N–H and O–H groups in total. The van der Waals surface area contributed by atoms with Crippen molar-refractivity contribution >= 4 is 17.8 Å². The maximum atomic E-state index is 12.1. The number of likely N-dealkylation sites (tertiary alicyclic amines) is 1. The largest absolute Gasteiger partial charge is 0.481 e. The van der Waals surface area contributed by atoms with E-state index in [0.717, 1.165) is 6.42 Å². The van der Waals surface area contributed by atoms with Crippen LogP contribution in [0.25, 0.3) is 0 Å². The van der Waals surface area contributed by atoms with Crippen LogP contribution in [-0.4, -0.2) is 46.4 Å². The molecular formula is C24H58N2O4. The number of amides is 2. The van der Waals surface area contributed by atoms with Crippen molar-refractivity contribution in [2.75, 3.05) is 6.54 Å². The molecule has 2 amide bonds. The average Bonchev–Trinajstić information content (AvgIpc) is 2.88. The number of hydrogen-bond acceptors (Lipinski definition) is 3. The fraction of sp³-hybridized carbons (Fsp3) is 0.875. The minimum Gasteiger partial charge on any atom is -0.481 e. The molecule has 3 atom stereocenters. The van der Waals surface area contributed by atoms with Crippen LogP contribution < -0.4 is 5.32 Å². The molecule has 6 nitrogen and oxygen atoms in total. The molecule has 30 heavy (non-hydrogen) atoms. The summed E-state index contributed by atoms with van der Waals surface area (Å²) in [5.74, 6) is -1.52. The number of rotatable bonds is 9. The summed E-state index contributed by atoms with van der Waals surface area (Å²) < 4.78 is 0. The lowest BCUT2D eigenvalue weighted by molar-refractivity contribution is -0.143. The van der Waals surface area contributed by atoms with Gasteiger partial charge >= 0.3 is 5.97 Å². The van der Waals surface area contributed by atoms with Gasteiger partial charge < -0.3 is 15.3 Å². The highest BCUT2D eigenvalue weighted by molar-refractivity contribution is 5.80. The van der Waals surface area contributed by atoms with Crippen molar-refractivity contribution in [2.45, 2.75) is 124 Å². The summed E-state index contributed by atoms with van der Waals surface area (Å²) in [4.78, 5) is 37.3. The highest BCUT2D eigenvalue weighted by atomic mass is 16.4. The number of carbonyl (C=O) groups excluding carboxylic acids is 2. The van der Waals surface area contributed by atoms with E-state index in [0.29, 0.717) is 32.2 Å². The van der Waals surface area contributed by atoms with E-state index >= 15 is 0 Å². The van der Waals surface area contributed by atoms with Crippen LogP contribution in [0.5, 0.6) is 0 Å². The zero-order chi connectivity index (χ0) is 17.6. The van der Waals surface area contributed by atoms with Crippen molar-refractivity contribution in [2.24, 2.45) is 11.8 Å². The van der Waals surface area contributed by atoms with Crippen molar-refractivity contribution in [1.82, 2.24) is 10.2 Å². The highest BCUT2D eigenvalue weighted by Crippen LogP contribution is 2.26. The Morgan fingerprint density at radius 1 is 1.00 bits per heavy atom. The Bertz CT molecular complexity index is 439. The Balaban J connectivity index is -0.000000151. The Kier molecular flexibility index (Phi) is 34.3. The molecular weight excluding hydrogens is 380 g/mol. The molecule has 0 aliphatic carbocycles. The van der Waals surface area contributed by atoms with Crippen molar-refractivity contribution in [3.63, 3.8) is 0 Å². The topological polar surface area (TPSA) is 86.7 Å². The van der Waals surface area contributed by atoms with Gasteiger partial charge in [0, 0.05) is 31.0 Å². The van der Waals surface area contributed by atoms with Gasteiger partial charge in [-0.1, -0.05) is 65.8 Å². The molecule has 188 valence electrons. The van der Waals surface area contributed by atoms with Gasteiger partial charge in [0.15, 0.2) is 0 Å². The van der Waals surface area contributed by atoms with Gasteiger partial charge in [-0.2, -0.15) is 0 Å². The molecule has 6 heteroatoms. The lowest BCUT2D eigenvalue weighted by Crippen LogP contribution is -2.42. The van der Waals surface area contributed by atoms with E-state index in [9.17, 15) is 19.5 Å². The Morgan fingerprint density at radius 2 is 1.50 bits per heavy atom. The van der Waals surface area contributed by atoms with Gasteiger partial charge in [0.05, 0.1) is 5.92 Å². The first-order valence-corrected chi connectivity index (χ1v) is 8.58. The molecule has 0 aromatic rings. The van der Waals surface area contributed by atoms with Gasteiger partial charge in [-0.25, -0.2) is 0 Å². The van der Waals surface area contributed by atoms with E-state index in [4.69, 9.17) is 0 Å². The fourth-order valence-corrected chi connectivity index (χ4v) is 3.12. The van der Waals surface area contributed by atoms with Crippen LogP contribution in [0.4, 0.5) is 0 Å². The molecule has 1 rings (SSSR count). The van der Waals surface area contributed by atoms with Crippen LogP contribution in [0, 0.1) is 11.8 Å². The third kappa shape index (κ3) is 14.4. The van der Waals surface area contributed by atoms with E-state index in [1.807, 2.05) is 27.7 Å². The van der Waals surface area contributed by atoms with Crippen molar-refractivity contribution in [3.05, 3.63) is 0 Å². The smallest absolute Gasteiger partial charge is 0.306 e. The highest BCUT2D eigenvalue weighted by Gasteiger charge is 2.33. The van der Waals surface area contributed by atoms with Crippen molar-refractivity contribution < 1.29 is 19.5 Å². The van der Waals surface area contributed by atoms with Crippen LogP contribution in [0.2, 0.25) is 0 Å². The SMILES string of the molecule is C.C.C.C.C.C.C.CCC(CC(CC(C)C(=O)NC(C)C)N1CCCC1=O)C(=O)O. The Labute approximate surface area is 190 Å². The number of nitrogens with one attached hydrogen (secondary N) is 1. The van der Waals surface area contributed by atoms with Gasteiger partial charge in [-0.05, 0) is 39.5 Å². The van der Waals surface area contributed by atoms with Gasteiger partial charge in [0.25, 0.3) is 0 Å². The van der Waals surface area contributed by atoms with E-state index in [1.54, 1.807) is 4.90 Å². The molecule has 0 aromatic heterocycles. The van der Waals surface area contributed by atoms with E-state index in [1.165, 1.54) is 0 Å². The quantitative estimate of drug-likeness (QED) is 0.431. The van der Waals surface area contributed by atoms with Crippen molar-refractivity contribution in [3.8, 4) is 0 Å². The third-order valence-electron chi connectivity index (χ3n) is 4.45. The standard InChI is InChI=1S/C17H30N2O4.7CH4/c1-5-13(17(22)23)10-14(19-8-6-7-15(19)20)9-12(4)16(21)18-11(2)3;;;;;;;/h11-14H,5-10H2,1-4H3,(H,18,21)(H,22,23);7*1H4. The molecule has 3 unspecified atom stereocenters. The molecule has 1 aliphatic heterocycles. The summed E-state index contributed by atoms with van der Waals surface area (Å²) in [6.07, 6.45) is 2.78. The van der Waals surface area contributed by atoms with Crippen LogP contribution in [0.1, 0.15) is 112 Å². The van der Waals surface area contributed by atoms with Crippen LogP contribution in [0.3, 0.4) is 0 Å². The number of nitrogens with zero attached hydrogens (tertiary/aromatic N) is 1. The maximum Gasteiger partial charge on any atom is 0.306 e. The molecule has 1 aliphatic rings. The molecule has 0 radical (unpaired) electrons. The van der Waals surface area contributed by atoms with E-state index < -0.39 is 11.9 Å². The number of carbonyl (C=O) groups is 3. The summed E-state index contributed by atoms with van der Waals surface area (Å²) in [6, 6.07) is -0.113. The lowest BCUT2D eigenvalue weighted by Gasteiger charge is -2.31. The summed E-state index contributed by atoms with van der Waals surface area (Å²) in [7, 11) is 0. The van der Waals surface area contributed by atoms with Gasteiger partial charge in [0.2, 0.25) is 11.8 Å². The molecule has 0 saturated carbocycles. The third-order valence-corrected chi connectivity index (χ3v) is 4.45. The second-order valence-electron chi connectivity index (χ2n) is 6.82. The van der Waals surface area contributed by atoms with E-state index in [-0.39, 0.29) is 81.8 Å². The normalized spacial score (nSPS) is 14.4. The van der Waals surface area contributed by atoms with E-state index in [2.05, 4.69) is 5.32 Å². The first-order chi connectivity index (χ1) is 10.8. The van der Waals surface area contributed by atoms with Crippen LogP contribution >= 0.6 is 0 Å². The molecule has 0 aromatic carbocycles. The van der Waals surface area contributed by atoms with Crippen molar-refractivity contribution in [1.29, 1.82) is 0 Å². The molecule has 0 bridgehead atoms. The summed E-state index contributed by atoms with van der Waals surface area (Å²) in [5.41, 5.74) is 0. The molecule has 1 heterocycles. The summed E-state index contributed by atoms with van der Waals surface area (Å²) in [6.45, 7) is 8.16. The second kappa shape index (κ2) is 22.1. The summed E-state index contributed by atoms with van der Waals surface area (Å²) in [5, 5.41) is 12.2. The second-order valence-corrected chi connectivity index (χ2v) is 6.82. The average molecular weight is 439 g/mol. The Morgan fingerprint density at radius 3 is 1.83 bits per heavy atom. The van der Waals surface area contributed by atoms with Gasteiger partial charge in [0.1, 0.15) is 0 Å².